The molecule has 5 N–H and O–H groups in total. The van der Waals surface area contributed by atoms with E-state index in [1.807, 2.05) is 18.2 Å². The number of unbranched alkanes of at least 4 members (excludes halogenated alkanes) is 1. The van der Waals surface area contributed by atoms with Gasteiger partial charge in [-0.1, -0.05) is 13.3 Å². The molecule has 1 aromatic carbocycles. The lowest BCUT2D eigenvalue weighted by molar-refractivity contribution is 0.0953. The standard InChI is InChI=1S/C16H20BrN5O2/c1-3-4-7-24-12-6-5-10(8-11(12)17)14-13(15(23)22-19)9(2)20-16(18)21-14/h5-6,8H,3-4,7,19H2,1-2H3,(H,22,23)(H2,18,20,21). The van der Waals surface area contributed by atoms with Gasteiger partial charge in [0.1, 0.15) is 5.75 Å². The molecular formula is C16H20BrN5O2. The molecule has 8 heteroatoms. The fraction of sp³-hybridized carbons (Fsp3) is 0.312. The summed E-state index contributed by atoms with van der Waals surface area (Å²) in [5, 5.41) is 0. The van der Waals surface area contributed by atoms with Gasteiger partial charge in [0.2, 0.25) is 5.95 Å². The molecular weight excluding hydrogens is 374 g/mol. The third-order valence-corrected chi connectivity index (χ3v) is 4.05. The number of anilines is 1. The van der Waals surface area contributed by atoms with Crippen molar-refractivity contribution in [3.63, 3.8) is 0 Å². The van der Waals surface area contributed by atoms with Crippen molar-refractivity contribution in [1.29, 1.82) is 0 Å². The number of rotatable bonds is 6. The first-order valence-electron chi connectivity index (χ1n) is 7.55. The lowest BCUT2D eigenvalue weighted by atomic mass is 10.0. The second kappa shape index (κ2) is 8.07. The average Bonchev–Trinajstić information content (AvgIpc) is 2.55. The Morgan fingerprint density at radius 1 is 1.38 bits per heavy atom. The topological polar surface area (TPSA) is 116 Å². The molecule has 0 fully saturated rings. The SMILES string of the molecule is CCCCOc1ccc(-c2nc(N)nc(C)c2C(=O)NN)cc1Br. The van der Waals surface area contributed by atoms with Gasteiger partial charge in [-0.2, -0.15) is 0 Å². The summed E-state index contributed by atoms with van der Waals surface area (Å²) in [4.78, 5) is 20.3. The molecule has 0 spiro atoms. The van der Waals surface area contributed by atoms with Gasteiger partial charge in [0.05, 0.1) is 28.0 Å². The maximum Gasteiger partial charge on any atom is 0.269 e. The monoisotopic (exact) mass is 393 g/mol. The molecule has 0 aliphatic carbocycles. The number of benzene rings is 1. The smallest absolute Gasteiger partial charge is 0.269 e. The quantitative estimate of drug-likeness (QED) is 0.300. The minimum Gasteiger partial charge on any atom is -0.492 e. The van der Waals surface area contributed by atoms with E-state index in [1.165, 1.54) is 0 Å². The summed E-state index contributed by atoms with van der Waals surface area (Å²) in [7, 11) is 0. The van der Waals surface area contributed by atoms with Crippen LogP contribution in [0.1, 0.15) is 35.8 Å². The van der Waals surface area contributed by atoms with Crippen LogP contribution in [-0.4, -0.2) is 22.5 Å². The predicted molar refractivity (Wildman–Crippen MR) is 96.4 cm³/mol. The maximum absolute atomic E-state index is 12.1. The molecule has 24 heavy (non-hydrogen) atoms. The molecule has 0 atom stereocenters. The number of ether oxygens (including phenoxy) is 1. The van der Waals surface area contributed by atoms with Crippen LogP contribution < -0.4 is 21.7 Å². The number of halogens is 1. The Morgan fingerprint density at radius 2 is 2.12 bits per heavy atom. The number of amides is 1. The fourth-order valence-corrected chi connectivity index (χ4v) is 2.73. The first kappa shape index (κ1) is 18.2. The molecule has 0 aliphatic rings. The van der Waals surface area contributed by atoms with Crippen molar-refractivity contribution in [2.75, 3.05) is 12.3 Å². The molecule has 0 unspecified atom stereocenters. The summed E-state index contributed by atoms with van der Waals surface area (Å²) in [6.45, 7) is 4.44. The van der Waals surface area contributed by atoms with Crippen molar-refractivity contribution in [2.24, 2.45) is 5.84 Å². The third-order valence-electron chi connectivity index (χ3n) is 3.43. The normalized spacial score (nSPS) is 10.5. The van der Waals surface area contributed by atoms with E-state index in [1.54, 1.807) is 6.92 Å². The zero-order valence-corrected chi connectivity index (χ0v) is 15.2. The van der Waals surface area contributed by atoms with Gasteiger partial charge in [-0.05, 0) is 47.5 Å². The molecule has 128 valence electrons. The first-order valence-corrected chi connectivity index (χ1v) is 8.35. The minimum atomic E-state index is -0.470. The number of nitrogen functional groups attached to an aromatic ring is 2. The van der Waals surface area contributed by atoms with Gasteiger partial charge in [-0.25, -0.2) is 15.8 Å². The summed E-state index contributed by atoms with van der Waals surface area (Å²) in [6, 6.07) is 5.48. The molecule has 7 nitrogen and oxygen atoms in total. The number of hydrogen-bond acceptors (Lipinski definition) is 6. The van der Waals surface area contributed by atoms with E-state index in [0.717, 1.165) is 23.1 Å². The van der Waals surface area contributed by atoms with E-state index in [9.17, 15) is 4.79 Å². The Bertz CT molecular complexity index is 751. The van der Waals surface area contributed by atoms with Gasteiger partial charge >= 0.3 is 0 Å². The minimum absolute atomic E-state index is 0.0930. The number of hydrogen-bond donors (Lipinski definition) is 3. The number of nitrogens with one attached hydrogen (secondary N) is 1. The third kappa shape index (κ3) is 4.01. The van der Waals surface area contributed by atoms with Crippen LogP contribution in [0.5, 0.6) is 5.75 Å². The largest absolute Gasteiger partial charge is 0.492 e. The number of carbonyl (C=O) groups excluding carboxylic acids is 1. The molecule has 0 saturated carbocycles. The van der Waals surface area contributed by atoms with Crippen molar-refractivity contribution < 1.29 is 9.53 Å². The summed E-state index contributed by atoms with van der Waals surface area (Å²) in [5.74, 6) is 5.62. The van der Waals surface area contributed by atoms with Crippen LogP contribution in [-0.2, 0) is 0 Å². The fourth-order valence-electron chi connectivity index (χ4n) is 2.24. The van der Waals surface area contributed by atoms with E-state index in [2.05, 4.69) is 38.2 Å². The lowest BCUT2D eigenvalue weighted by Gasteiger charge is -2.13. The molecule has 1 aromatic heterocycles. The van der Waals surface area contributed by atoms with E-state index in [4.69, 9.17) is 16.3 Å². The van der Waals surface area contributed by atoms with Crippen molar-refractivity contribution in [3.8, 4) is 17.0 Å². The second-order valence-corrected chi connectivity index (χ2v) is 6.07. The van der Waals surface area contributed by atoms with Gasteiger partial charge in [0.15, 0.2) is 0 Å². The highest BCUT2D eigenvalue weighted by Gasteiger charge is 2.19. The average molecular weight is 394 g/mol. The number of carbonyl (C=O) groups is 1. The van der Waals surface area contributed by atoms with Gasteiger partial charge in [-0.15, -0.1) is 0 Å². The van der Waals surface area contributed by atoms with Gasteiger partial charge in [0.25, 0.3) is 5.91 Å². The van der Waals surface area contributed by atoms with Crippen molar-refractivity contribution in [2.45, 2.75) is 26.7 Å². The van der Waals surface area contributed by atoms with Crippen LogP contribution in [0.3, 0.4) is 0 Å². The molecule has 0 saturated heterocycles. The van der Waals surface area contributed by atoms with Gasteiger partial charge in [0, 0.05) is 5.56 Å². The maximum atomic E-state index is 12.1. The van der Waals surface area contributed by atoms with Crippen LogP contribution in [0.2, 0.25) is 0 Å². The Hall–Kier alpha value is -2.19. The lowest BCUT2D eigenvalue weighted by Crippen LogP contribution is -2.31. The summed E-state index contributed by atoms with van der Waals surface area (Å²) in [5.41, 5.74) is 9.73. The first-order chi connectivity index (χ1) is 11.5. The number of aryl methyl sites for hydroxylation is 1. The summed E-state index contributed by atoms with van der Waals surface area (Å²) < 4.78 is 6.48. The highest BCUT2D eigenvalue weighted by Crippen LogP contribution is 2.32. The molecule has 0 bridgehead atoms. The van der Waals surface area contributed by atoms with Crippen molar-refractivity contribution in [3.05, 3.63) is 33.9 Å². The molecule has 1 amide bonds. The number of nitrogens with zero attached hydrogens (tertiary/aromatic N) is 2. The van der Waals surface area contributed by atoms with E-state index >= 15 is 0 Å². The van der Waals surface area contributed by atoms with E-state index < -0.39 is 5.91 Å². The van der Waals surface area contributed by atoms with Crippen LogP contribution in [0.25, 0.3) is 11.3 Å². The van der Waals surface area contributed by atoms with Gasteiger partial charge in [-0.3, -0.25) is 10.2 Å². The second-order valence-electron chi connectivity index (χ2n) is 5.21. The Kier molecular flexibility index (Phi) is 6.10. The highest BCUT2D eigenvalue weighted by atomic mass is 79.9. The Labute approximate surface area is 148 Å². The molecule has 1 heterocycles. The van der Waals surface area contributed by atoms with E-state index in [-0.39, 0.29) is 5.95 Å². The van der Waals surface area contributed by atoms with Crippen LogP contribution >= 0.6 is 15.9 Å². The molecule has 0 radical (unpaired) electrons. The zero-order valence-electron chi connectivity index (χ0n) is 13.6. The Morgan fingerprint density at radius 3 is 2.75 bits per heavy atom. The van der Waals surface area contributed by atoms with Crippen molar-refractivity contribution >= 4 is 27.8 Å². The Balaban J connectivity index is 2.45. The zero-order chi connectivity index (χ0) is 17.7. The number of hydrazine groups is 1. The van der Waals surface area contributed by atoms with Crippen LogP contribution in [0.15, 0.2) is 22.7 Å². The summed E-state index contributed by atoms with van der Waals surface area (Å²) >= 11 is 3.49. The number of aromatic nitrogens is 2. The van der Waals surface area contributed by atoms with Crippen LogP contribution in [0, 0.1) is 6.92 Å². The summed E-state index contributed by atoms with van der Waals surface area (Å²) in [6.07, 6.45) is 2.05. The van der Waals surface area contributed by atoms with Crippen LogP contribution in [0.4, 0.5) is 5.95 Å². The van der Waals surface area contributed by atoms with Gasteiger partial charge < -0.3 is 10.5 Å². The predicted octanol–water partition coefficient (Wildman–Crippen LogP) is 2.58. The molecule has 2 rings (SSSR count). The highest BCUT2D eigenvalue weighted by molar-refractivity contribution is 9.10. The van der Waals surface area contributed by atoms with E-state index in [0.29, 0.717) is 29.1 Å². The number of nitrogens with two attached hydrogens (primary N) is 2. The molecule has 2 aromatic rings. The molecule has 0 aliphatic heterocycles. The van der Waals surface area contributed by atoms with Crippen molar-refractivity contribution in [1.82, 2.24) is 15.4 Å².